The lowest BCUT2D eigenvalue weighted by Crippen LogP contribution is -2.37. The van der Waals surface area contributed by atoms with Crippen molar-refractivity contribution in [3.8, 4) is 0 Å². The first-order valence-electron chi connectivity index (χ1n) is 13.3. The molecule has 0 atom stereocenters. The van der Waals surface area contributed by atoms with Gasteiger partial charge in [-0.1, -0.05) is 0 Å². The Balaban J connectivity index is 1.50. The van der Waals surface area contributed by atoms with Crippen LogP contribution in [-0.4, -0.2) is 73.4 Å². The van der Waals surface area contributed by atoms with Crippen molar-refractivity contribution in [2.24, 2.45) is 0 Å². The number of H-pyrrole nitrogens is 1. The Kier molecular flexibility index (Phi) is 7.83. The number of aryl methyl sites for hydroxylation is 2. The number of hydrogen-bond donors (Lipinski definition) is 2. The van der Waals surface area contributed by atoms with E-state index in [0.717, 1.165) is 61.7 Å². The second kappa shape index (κ2) is 11.3. The number of rotatable bonds is 7. The number of benzene rings is 1. The molecule has 0 bridgehead atoms. The number of nitrogens with zero attached hydrogens (tertiary/aromatic N) is 3. The summed E-state index contributed by atoms with van der Waals surface area (Å²) in [6.07, 6.45) is 1.84. The molecule has 4 heterocycles. The van der Waals surface area contributed by atoms with Crippen molar-refractivity contribution in [1.82, 2.24) is 20.2 Å². The molecule has 10 nitrogen and oxygen atoms in total. The first-order valence-corrected chi connectivity index (χ1v) is 13.3. The Morgan fingerprint density at radius 1 is 1.13 bits per heavy atom. The summed E-state index contributed by atoms with van der Waals surface area (Å²) in [4.78, 5) is 38.3. The third-order valence-corrected chi connectivity index (χ3v) is 7.69. The summed E-state index contributed by atoms with van der Waals surface area (Å²) in [5.41, 5.74) is 5.37. The topological polar surface area (TPSA) is 113 Å². The Morgan fingerprint density at radius 3 is 2.55 bits per heavy atom. The minimum Gasteiger partial charge on any atom is -0.439 e. The number of fused-ring (bicyclic) bond motifs is 1. The normalized spacial score (nSPS) is 17.2. The zero-order valence-corrected chi connectivity index (χ0v) is 22.7. The van der Waals surface area contributed by atoms with Gasteiger partial charge in [0.1, 0.15) is 5.52 Å². The molecule has 2 fully saturated rings. The van der Waals surface area contributed by atoms with Crippen LogP contribution >= 0.6 is 0 Å². The molecule has 5 rings (SSSR count). The molecule has 38 heavy (non-hydrogen) atoms. The van der Waals surface area contributed by atoms with Gasteiger partial charge in [0.2, 0.25) is 5.89 Å². The standard InChI is InChI=1S/C28H37N5O5/c1-17-13-18(2)30-27(34)21(17)15-29-28(35)25-19(3)22(32(4)20-5-9-36-10-6-20)14-23-26(25)31-24(38-23)16-33-7-11-37-12-8-33/h13-14,20H,5-12,15-16H2,1-4H3,(H,29,35)(H,30,34). The summed E-state index contributed by atoms with van der Waals surface area (Å²) < 4.78 is 17.3. The fraction of sp³-hybridized carbons (Fsp3) is 0.536. The van der Waals surface area contributed by atoms with E-state index in [9.17, 15) is 9.59 Å². The van der Waals surface area contributed by atoms with Gasteiger partial charge in [-0.15, -0.1) is 0 Å². The number of oxazole rings is 1. The Morgan fingerprint density at radius 2 is 1.84 bits per heavy atom. The molecular formula is C28H37N5O5. The van der Waals surface area contributed by atoms with E-state index in [1.165, 1.54) is 0 Å². The molecule has 10 heteroatoms. The number of nitrogens with one attached hydrogen (secondary N) is 2. The van der Waals surface area contributed by atoms with Crippen molar-refractivity contribution in [1.29, 1.82) is 0 Å². The van der Waals surface area contributed by atoms with Crippen LogP contribution in [0, 0.1) is 20.8 Å². The molecule has 1 amide bonds. The summed E-state index contributed by atoms with van der Waals surface area (Å²) in [6.45, 7) is 10.8. The SMILES string of the molecule is Cc1cc(C)c(CNC(=O)c2c(C)c(N(C)C3CCOCC3)cc3oc(CN4CCOCC4)nc23)c(=O)[nH]1. The smallest absolute Gasteiger partial charge is 0.254 e. The lowest BCUT2D eigenvalue weighted by molar-refractivity contribution is 0.0308. The minimum absolute atomic E-state index is 0.125. The zero-order chi connectivity index (χ0) is 26.8. The van der Waals surface area contributed by atoms with E-state index in [1.807, 2.05) is 32.9 Å². The molecule has 2 aromatic heterocycles. The van der Waals surface area contributed by atoms with Gasteiger partial charge in [-0.2, -0.15) is 0 Å². The first-order chi connectivity index (χ1) is 18.3. The highest BCUT2D eigenvalue weighted by molar-refractivity contribution is 6.07. The van der Waals surface area contributed by atoms with Gasteiger partial charge in [-0.25, -0.2) is 4.98 Å². The molecule has 0 spiro atoms. The second-order valence-corrected chi connectivity index (χ2v) is 10.3. The highest BCUT2D eigenvalue weighted by Gasteiger charge is 2.27. The molecule has 2 aliphatic rings. The van der Waals surface area contributed by atoms with Crippen molar-refractivity contribution in [3.63, 3.8) is 0 Å². The number of anilines is 1. The minimum atomic E-state index is -0.277. The highest BCUT2D eigenvalue weighted by atomic mass is 16.5. The summed E-state index contributed by atoms with van der Waals surface area (Å²) >= 11 is 0. The predicted molar refractivity (Wildman–Crippen MR) is 145 cm³/mol. The van der Waals surface area contributed by atoms with E-state index in [4.69, 9.17) is 18.9 Å². The van der Waals surface area contributed by atoms with Gasteiger partial charge in [0.25, 0.3) is 11.5 Å². The molecule has 1 aromatic carbocycles. The predicted octanol–water partition coefficient (Wildman–Crippen LogP) is 2.82. The highest BCUT2D eigenvalue weighted by Crippen LogP contribution is 2.34. The molecule has 2 N–H and O–H groups in total. The van der Waals surface area contributed by atoms with E-state index in [-0.39, 0.29) is 18.0 Å². The van der Waals surface area contributed by atoms with Gasteiger partial charge in [-0.05, 0) is 50.8 Å². The number of aromatic nitrogens is 2. The lowest BCUT2D eigenvalue weighted by atomic mass is 10.00. The first kappa shape index (κ1) is 26.4. The van der Waals surface area contributed by atoms with Crippen molar-refractivity contribution in [2.75, 3.05) is 51.5 Å². The third-order valence-electron chi connectivity index (χ3n) is 7.69. The number of aromatic amines is 1. The Bertz CT molecular complexity index is 1370. The fourth-order valence-electron chi connectivity index (χ4n) is 5.48. The maximum atomic E-state index is 13.7. The van der Waals surface area contributed by atoms with Crippen LogP contribution in [0.25, 0.3) is 11.1 Å². The maximum Gasteiger partial charge on any atom is 0.254 e. The molecular weight excluding hydrogens is 486 g/mol. The van der Waals surface area contributed by atoms with Gasteiger partial charge < -0.3 is 29.1 Å². The van der Waals surface area contributed by atoms with Crippen LogP contribution < -0.4 is 15.8 Å². The van der Waals surface area contributed by atoms with Crippen LogP contribution in [0.4, 0.5) is 5.69 Å². The van der Waals surface area contributed by atoms with E-state index >= 15 is 0 Å². The number of carbonyl (C=O) groups excluding carboxylic acids is 1. The Labute approximate surface area is 222 Å². The van der Waals surface area contributed by atoms with Gasteiger partial charge in [0.15, 0.2) is 5.58 Å². The monoisotopic (exact) mass is 523 g/mol. The van der Waals surface area contributed by atoms with Crippen LogP contribution in [0.5, 0.6) is 0 Å². The van der Waals surface area contributed by atoms with Crippen LogP contribution in [0.2, 0.25) is 0 Å². The number of pyridine rings is 1. The molecule has 3 aromatic rings. The molecule has 0 aliphatic carbocycles. The molecule has 204 valence electrons. The molecule has 0 unspecified atom stereocenters. The second-order valence-electron chi connectivity index (χ2n) is 10.3. The average Bonchev–Trinajstić information content (AvgIpc) is 3.29. The van der Waals surface area contributed by atoms with Crippen molar-refractivity contribution >= 4 is 22.7 Å². The molecule has 2 saturated heterocycles. The number of amides is 1. The summed E-state index contributed by atoms with van der Waals surface area (Å²) in [5, 5.41) is 2.98. The summed E-state index contributed by atoms with van der Waals surface area (Å²) in [5.74, 6) is 0.298. The van der Waals surface area contributed by atoms with E-state index in [1.54, 1.807) is 0 Å². The average molecular weight is 524 g/mol. The third kappa shape index (κ3) is 5.48. The van der Waals surface area contributed by atoms with Gasteiger partial charge in [0, 0.05) is 68.9 Å². The molecule has 0 radical (unpaired) electrons. The van der Waals surface area contributed by atoms with E-state index in [2.05, 4.69) is 27.1 Å². The van der Waals surface area contributed by atoms with Crippen LogP contribution in [0.3, 0.4) is 0 Å². The summed E-state index contributed by atoms with van der Waals surface area (Å²) in [7, 11) is 2.06. The van der Waals surface area contributed by atoms with Crippen LogP contribution in [0.1, 0.15) is 51.5 Å². The number of carbonyl (C=O) groups is 1. The van der Waals surface area contributed by atoms with Gasteiger partial charge in [-0.3, -0.25) is 14.5 Å². The number of ether oxygens (including phenoxy) is 2. The molecule has 0 saturated carbocycles. The van der Waals surface area contributed by atoms with Gasteiger partial charge in [0.05, 0.1) is 25.3 Å². The van der Waals surface area contributed by atoms with Crippen molar-refractivity contribution in [3.05, 3.63) is 56.3 Å². The van der Waals surface area contributed by atoms with E-state index < -0.39 is 0 Å². The van der Waals surface area contributed by atoms with Gasteiger partial charge >= 0.3 is 0 Å². The lowest BCUT2D eigenvalue weighted by Gasteiger charge is -2.34. The number of hydrogen-bond acceptors (Lipinski definition) is 8. The maximum absolute atomic E-state index is 13.7. The van der Waals surface area contributed by atoms with E-state index in [0.29, 0.717) is 53.9 Å². The number of morpholine rings is 1. The Hall–Kier alpha value is -3.21. The van der Waals surface area contributed by atoms with Crippen molar-refractivity contribution in [2.45, 2.75) is 52.7 Å². The largest absolute Gasteiger partial charge is 0.439 e. The molecule has 2 aliphatic heterocycles. The zero-order valence-electron chi connectivity index (χ0n) is 22.7. The van der Waals surface area contributed by atoms with Crippen LogP contribution in [0.15, 0.2) is 21.3 Å². The van der Waals surface area contributed by atoms with Crippen LogP contribution in [-0.2, 0) is 22.6 Å². The fourth-order valence-corrected chi connectivity index (χ4v) is 5.48. The van der Waals surface area contributed by atoms with Crippen molar-refractivity contribution < 1.29 is 18.7 Å². The quantitative estimate of drug-likeness (QED) is 0.486. The summed E-state index contributed by atoms with van der Waals surface area (Å²) in [6, 6.07) is 4.22.